The van der Waals surface area contributed by atoms with E-state index in [2.05, 4.69) is 15.1 Å². The summed E-state index contributed by atoms with van der Waals surface area (Å²) in [5, 5.41) is 19.2. The maximum absolute atomic E-state index is 12.7. The number of ether oxygens (including phenoxy) is 2. The number of rotatable bonds is 8. The summed E-state index contributed by atoms with van der Waals surface area (Å²) >= 11 is 1.19. The number of hydrogen-bond donors (Lipinski definition) is 0. The van der Waals surface area contributed by atoms with Gasteiger partial charge in [-0.2, -0.15) is 0 Å². The minimum Gasteiger partial charge on any atom is -0.497 e. The largest absolute Gasteiger partial charge is 0.497 e. The van der Waals surface area contributed by atoms with Gasteiger partial charge in [0, 0.05) is 55.6 Å². The van der Waals surface area contributed by atoms with Crippen LogP contribution in [0.15, 0.2) is 52.1 Å². The van der Waals surface area contributed by atoms with E-state index in [9.17, 15) is 14.9 Å². The van der Waals surface area contributed by atoms with Crippen LogP contribution in [0, 0.1) is 10.1 Å². The molecule has 4 rings (SSSR count). The van der Waals surface area contributed by atoms with Gasteiger partial charge < -0.3 is 23.7 Å². The van der Waals surface area contributed by atoms with Gasteiger partial charge in [-0.3, -0.25) is 14.9 Å². The highest BCUT2D eigenvalue weighted by Crippen LogP contribution is 2.30. The second-order valence-corrected chi connectivity index (χ2v) is 8.33. The monoisotopic (exact) mass is 485 g/mol. The predicted octanol–water partition coefficient (Wildman–Crippen LogP) is 3.10. The number of nitrogens with zero attached hydrogens (tertiary/aromatic N) is 5. The lowest BCUT2D eigenvalue weighted by Gasteiger charge is -2.36. The quantitative estimate of drug-likeness (QED) is 0.267. The molecule has 11 nitrogen and oxygen atoms in total. The highest BCUT2D eigenvalue weighted by molar-refractivity contribution is 7.99. The Labute approximate surface area is 199 Å². The molecule has 0 saturated carbocycles. The molecule has 1 aromatic heterocycles. The van der Waals surface area contributed by atoms with Crippen molar-refractivity contribution >= 4 is 29.0 Å². The number of piperazine rings is 1. The third-order valence-electron chi connectivity index (χ3n) is 5.38. The number of thioether (sulfide) groups is 1. The molecule has 1 saturated heterocycles. The molecular formula is C22H23N5O6S. The van der Waals surface area contributed by atoms with Crippen LogP contribution in [0.25, 0.3) is 11.5 Å². The summed E-state index contributed by atoms with van der Waals surface area (Å²) in [5.74, 6) is 1.68. The SMILES string of the molecule is COc1cc(OC)cc(-c2nnc(SCC(=O)N3CCN(c4ccc([N+](=O)[O-])cc4)CC3)o2)c1. The molecule has 2 aromatic carbocycles. The number of nitro benzene ring substituents is 1. The summed E-state index contributed by atoms with van der Waals surface area (Å²) < 4.78 is 16.2. The second kappa shape index (κ2) is 10.4. The number of carbonyl (C=O) groups is 1. The van der Waals surface area contributed by atoms with Crippen LogP contribution < -0.4 is 14.4 Å². The third kappa shape index (κ3) is 5.39. The average molecular weight is 486 g/mol. The zero-order chi connectivity index (χ0) is 24.1. The smallest absolute Gasteiger partial charge is 0.277 e. The van der Waals surface area contributed by atoms with Crippen molar-refractivity contribution in [2.24, 2.45) is 0 Å². The number of nitro groups is 1. The number of methoxy groups -OCH3 is 2. The van der Waals surface area contributed by atoms with Crippen molar-refractivity contribution in [3.05, 3.63) is 52.6 Å². The number of hydrogen-bond acceptors (Lipinski definition) is 10. The Hall–Kier alpha value is -3.80. The highest BCUT2D eigenvalue weighted by atomic mass is 32.2. The van der Waals surface area contributed by atoms with Crippen LogP contribution in [0.1, 0.15) is 0 Å². The molecule has 0 N–H and O–H groups in total. The summed E-state index contributed by atoms with van der Waals surface area (Å²) in [7, 11) is 3.12. The van der Waals surface area contributed by atoms with Gasteiger partial charge in [-0.1, -0.05) is 11.8 Å². The molecule has 1 fully saturated rings. The summed E-state index contributed by atoms with van der Waals surface area (Å²) in [6, 6.07) is 11.7. The fraction of sp³-hybridized carbons (Fsp3) is 0.318. The van der Waals surface area contributed by atoms with Gasteiger partial charge in [0.15, 0.2) is 0 Å². The molecule has 0 unspecified atom stereocenters. The van der Waals surface area contributed by atoms with E-state index in [-0.39, 0.29) is 17.3 Å². The van der Waals surface area contributed by atoms with Crippen molar-refractivity contribution in [1.29, 1.82) is 0 Å². The minimum absolute atomic E-state index is 0.0175. The molecule has 0 atom stereocenters. The molecule has 12 heteroatoms. The lowest BCUT2D eigenvalue weighted by atomic mass is 10.2. The first kappa shape index (κ1) is 23.4. The number of non-ortho nitro benzene ring substituents is 1. The predicted molar refractivity (Wildman–Crippen MR) is 125 cm³/mol. The van der Waals surface area contributed by atoms with E-state index in [1.807, 2.05) is 0 Å². The zero-order valence-electron chi connectivity index (χ0n) is 18.7. The summed E-state index contributed by atoms with van der Waals surface area (Å²) in [5.41, 5.74) is 1.62. The fourth-order valence-electron chi connectivity index (χ4n) is 3.53. The normalized spacial score (nSPS) is 13.6. The summed E-state index contributed by atoms with van der Waals surface area (Å²) in [4.78, 5) is 27.0. The van der Waals surface area contributed by atoms with E-state index >= 15 is 0 Å². The highest BCUT2D eigenvalue weighted by Gasteiger charge is 2.22. The summed E-state index contributed by atoms with van der Waals surface area (Å²) in [6.45, 7) is 2.43. The topological polar surface area (TPSA) is 124 Å². The van der Waals surface area contributed by atoms with Gasteiger partial charge >= 0.3 is 0 Å². The van der Waals surface area contributed by atoms with Crippen molar-refractivity contribution in [3.8, 4) is 23.0 Å². The van der Waals surface area contributed by atoms with Gasteiger partial charge in [0.05, 0.1) is 24.9 Å². The Morgan fingerprint density at radius 2 is 1.71 bits per heavy atom. The van der Waals surface area contributed by atoms with Crippen LogP contribution in [0.3, 0.4) is 0 Å². The van der Waals surface area contributed by atoms with Crippen LogP contribution in [0.2, 0.25) is 0 Å². The number of carbonyl (C=O) groups excluding carboxylic acids is 1. The second-order valence-electron chi connectivity index (χ2n) is 7.40. The first-order chi connectivity index (χ1) is 16.5. The van der Waals surface area contributed by atoms with Gasteiger partial charge in [0.2, 0.25) is 11.8 Å². The van der Waals surface area contributed by atoms with Gasteiger partial charge in [0.25, 0.3) is 10.9 Å². The van der Waals surface area contributed by atoms with E-state index < -0.39 is 4.92 Å². The van der Waals surface area contributed by atoms with Crippen LogP contribution in [0.4, 0.5) is 11.4 Å². The Balaban J connectivity index is 1.30. The lowest BCUT2D eigenvalue weighted by molar-refractivity contribution is -0.384. The van der Waals surface area contributed by atoms with Gasteiger partial charge in [-0.05, 0) is 24.3 Å². The molecule has 0 spiro atoms. The van der Waals surface area contributed by atoms with Crippen molar-refractivity contribution in [1.82, 2.24) is 15.1 Å². The van der Waals surface area contributed by atoms with Crippen LogP contribution in [-0.2, 0) is 4.79 Å². The van der Waals surface area contributed by atoms with E-state index in [1.165, 1.54) is 23.9 Å². The molecule has 1 aliphatic heterocycles. The zero-order valence-corrected chi connectivity index (χ0v) is 19.5. The van der Waals surface area contributed by atoms with Gasteiger partial charge in [-0.25, -0.2) is 0 Å². The van der Waals surface area contributed by atoms with Crippen LogP contribution in [-0.4, -0.2) is 72.1 Å². The molecule has 0 radical (unpaired) electrons. The van der Waals surface area contributed by atoms with E-state index in [1.54, 1.807) is 49.5 Å². The third-order valence-corrected chi connectivity index (χ3v) is 6.19. The number of aromatic nitrogens is 2. The lowest BCUT2D eigenvalue weighted by Crippen LogP contribution is -2.49. The van der Waals surface area contributed by atoms with Gasteiger partial charge in [-0.15, -0.1) is 10.2 Å². The van der Waals surface area contributed by atoms with Crippen molar-refractivity contribution in [3.63, 3.8) is 0 Å². The van der Waals surface area contributed by atoms with Crippen LogP contribution >= 0.6 is 11.8 Å². The Bertz CT molecular complexity index is 1140. The van der Waals surface area contributed by atoms with Crippen LogP contribution in [0.5, 0.6) is 11.5 Å². The van der Waals surface area contributed by atoms with E-state index in [4.69, 9.17) is 13.9 Å². The van der Waals surface area contributed by atoms with Crippen molar-refractivity contribution in [2.45, 2.75) is 5.22 Å². The molecule has 3 aromatic rings. The standard InChI is InChI=1S/C22H23N5O6S/c1-31-18-11-15(12-19(13-18)32-2)21-23-24-22(33-21)34-14-20(28)26-9-7-25(8-10-26)16-3-5-17(6-4-16)27(29)30/h3-6,11-13H,7-10,14H2,1-2H3. The first-order valence-corrected chi connectivity index (χ1v) is 11.4. The number of amides is 1. The minimum atomic E-state index is -0.419. The van der Waals surface area contributed by atoms with E-state index in [0.29, 0.717) is 54.4 Å². The summed E-state index contributed by atoms with van der Waals surface area (Å²) in [6.07, 6.45) is 0. The number of benzene rings is 2. The van der Waals surface area contributed by atoms with Gasteiger partial charge in [0.1, 0.15) is 11.5 Å². The molecule has 178 valence electrons. The van der Waals surface area contributed by atoms with Crippen molar-refractivity contribution < 1.29 is 23.6 Å². The Morgan fingerprint density at radius 3 is 2.29 bits per heavy atom. The average Bonchev–Trinajstić information content (AvgIpc) is 3.36. The maximum Gasteiger partial charge on any atom is 0.277 e. The molecule has 34 heavy (non-hydrogen) atoms. The Morgan fingerprint density at radius 1 is 1.06 bits per heavy atom. The molecule has 0 aliphatic carbocycles. The maximum atomic E-state index is 12.7. The Kier molecular flexibility index (Phi) is 7.16. The molecule has 2 heterocycles. The molecular weight excluding hydrogens is 462 g/mol. The first-order valence-electron chi connectivity index (χ1n) is 10.4. The fourth-order valence-corrected chi connectivity index (χ4v) is 4.20. The molecule has 1 aliphatic rings. The number of anilines is 1. The van der Waals surface area contributed by atoms with Crippen molar-refractivity contribution in [2.75, 3.05) is 51.1 Å². The van der Waals surface area contributed by atoms with E-state index in [0.717, 1.165) is 5.69 Å². The molecule has 0 bridgehead atoms. The molecule has 1 amide bonds.